The number of aromatic nitrogens is 2. The fourth-order valence-corrected chi connectivity index (χ4v) is 3.15. The topological polar surface area (TPSA) is 61.4 Å². The summed E-state index contributed by atoms with van der Waals surface area (Å²) in [4.78, 5) is 16.4. The van der Waals surface area contributed by atoms with Crippen LogP contribution in [0.4, 0.5) is 5.13 Å². The molecule has 0 bridgehead atoms. The van der Waals surface area contributed by atoms with Crippen LogP contribution in [0, 0.1) is 0 Å². The van der Waals surface area contributed by atoms with Gasteiger partial charge >= 0.3 is 0 Å². The summed E-state index contributed by atoms with van der Waals surface area (Å²) in [5.41, 5.74) is 0. The first-order chi connectivity index (χ1) is 9.61. The first-order valence-electron chi connectivity index (χ1n) is 7.15. The van der Waals surface area contributed by atoms with Gasteiger partial charge in [0, 0.05) is 26.2 Å². The van der Waals surface area contributed by atoms with Crippen LogP contribution in [0.25, 0.3) is 0 Å². The maximum absolute atomic E-state index is 12.3. The van der Waals surface area contributed by atoms with Gasteiger partial charge in [0.05, 0.1) is 0 Å². The molecule has 112 valence electrons. The number of likely N-dealkylation sites (tertiary alicyclic amines) is 1. The summed E-state index contributed by atoms with van der Waals surface area (Å²) in [5, 5.41) is 12.3. The van der Waals surface area contributed by atoms with Crippen molar-refractivity contribution in [2.75, 3.05) is 39.0 Å². The van der Waals surface area contributed by atoms with Crippen molar-refractivity contribution in [2.24, 2.45) is 0 Å². The van der Waals surface area contributed by atoms with Gasteiger partial charge < -0.3 is 15.1 Å². The van der Waals surface area contributed by atoms with Gasteiger partial charge in [-0.1, -0.05) is 18.3 Å². The van der Waals surface area contributed by atoms with Gasteiger partial charge in [0.1, 0.15) is 0 Å². The van der Waals surface area contributed by atoms with E-state index in [1.165, 1.54) is 17.8 Å². The molecule has 1 aromatic heterocycles. The molecule has 0 aromatic carbocycles. The largest absolute Gasteiger partial charge is 0.360 e. The molecule has 1 saturated heterocycles. The number of hydrogen-bond donors (Lipinski definition) is 1. The first kappa shape index (κ1) is 15.2. The van der Waals surface area contributed by atoms with Crippen LogP contribution in [0.5, 0.6) is 0 Å². The summed E-state index contributed by atoms with van der Waals surface area (Å²) in [6.45, 7) is 4.82. The third kappa shape index (κ3) is 3.67. The van der Waals surface area contributed by atoms with Crippen LogP contribution in [0.3, 0.4) is 0 Å². The number of hydrogen-bond acceptors (Lipinski definition) is 6. The van der Waals surface area contributed by atoms with Gasteiger partial charge in [0.2, 0.25) is 10.1 Å². The summed E-state index contributed by atoms with van der Waals surface area (Å²) in [7, 11) is 3.96. The van der Waals surface area contributed by atoms with E-state index in [2.05, 4.69) is 34.4 Å². The fraction of sp³-hybridized carbons (Fsp3) is 0.769. The van der Waals surface area contributed by atoms with Crippen LogP contribution in [-0.2, 0) is 0 Å². The maximum atomic E-state index is 12.3. The molecule has 6 nitrogen and oxygen atoms in total. The Bertz CT molecular complexity index is 450. The Hall–Kier alpha value is -1.21. The molecule has 0 aliphatic carbocycles. The minimum atomic E-state index is -0.0349. The molecular weight excluding hydrogens is 274 g/mol. The normalized spacial score (nSPS) is 19.2. The number of carbonyl (C=O) groups excluding carboxylic acids is 1. The molecule has 1 aromatic rings. The monoisotopic (exact) mass is 297 g/mol. The molecule has 1 amide bonds. The predicted molar refractivity (Wildman–Crippen MR) is 81.3 cm³/mol. The van der Waals surface area contributed by atoms with Crippen molar-refractivity contribution in [1.29, 1.82) is 0 Å². The highest BCUT2D eigenvalue weighted by Crippen LogP contribution is 2.19. The predicted octanol–water partition coefficient (Wildman–Crippen LogP) is 1.53. The third-order valence-corrected chi connectivity index (χ3v) is 4.51. The summed E-state index contributed by atoms with van der Waals surface area (Å²) in [6, 6.07) is 0.467. The average Bonchev–Trinajstić information content (AvgIpc) is 3.05. The second kappa shape index (κ2) is 6.99. The molecule has 1 aliphatic rings. The lowest BCUT2D eigenvalue weighted by molar-refractivity contribution is 0.0760. The van der Waals surface area contributed by atoms with Crippen molar-refractivity contribution in [3.8, 4) is 0 Å². The smallest absolute Gasteiger partial charge is 0.284 e. The molecule has 20 heavy (non-hydrogen) atoms. The summed E-state index contributed by atoms with van der Waals surface area (Å²) >= 11 is 1.33. The molecule has 1 atom stereocenters. The molecule has 2 rings (SSSR count). The highest BCUT2D eigenvalue weighted by molar-refractivity contribution is 7.17. The van der Waals surface area contributed by atoms with E-state index in [4.69, 9.17) is 0 Å². The van der Waals surface area contributed by atoms with Crippen LogP contribution >= 0.6 is 11.3 Å². The molecule has 2 heterocycles. The zero-order chi connectivity index (χ0) is 14.5. The Balaban J connectivity index is 1.90. The first-order valence-corrected chi connectivity index (χ1v) is 7.96. The Morgan fingerprint density at radius 2 is 2.35 bits per heavy atom. The van der Waals surface area contributed by atoms with Crippen LogP contribution in [0.2, 0.25) is 0 Å². The number of rotatable bonds is 6. The summed E-state index contributed by atoms with van der Waals surface area (Å²) in [6.07, 6.45) is 3.40. The van der Waals surface area contributed by atoms with Gasteiger partial charge in [-0.3, -0.25) is 4.79 Å². The highest BCUT2D eigenvalue weighted by atomic mass is 32.1. The van der Waals surface area contributed by atoms with Crippen molar-refractivity contribution < 1.29 is 4.79 Å². The quantitative estimate of drug-likeness (QED) is 0.863. The van der Waals surface area contributed by atoms with Gasteiger partial charge in [-0.2, -0.15) is 0 Å². The van der Waals surface area contributed by atoms with Crippen LogP contribution in [-0.4, -0.2) is 65.7 Å². The van der Waals surface area contributed by atoms with Crippen LogP contribution in [0.15, 0.2) is 0 Å². The molecular formula is C13H23N5OS. The highest BCUT2D eigenvalue weighted by Gasteiger charge is 2.25. The number of anilines is 1. The van der Waals surface area contributed by atoms with E-state index in [0.717, 1.165) is 37.6 Å². The maximum Gasteiger partial charge on any atom is 0.284 e. The van der Waals surface area contributed by atoms with Gasteiger partial charge in [-0.15, -0.1) is 10.2 Å². The minimum Gasteiger partial charge on any atom is -0.360 e. The third-order valence-electron chi connectivity index (χ3n) is 3.64. The lowest BCUT2D eigenvalue weighted by Crippen LogP contribution is -2.39. The SMILES string of the molecule is CCCNc1nnc(C(=O)N(C)CC2CCCN2C)s1. The van der Waals surface area contributed by atoms with Crippen LogP contribution in [0.1, 0.15) is 36.0 Å². The molecule has 7 heteroatoms. The van der Waals surface area contributed by atoms with E-state index in [-0.39, 0.29) is 5.91 Å². The number of carbonyl (C=O) groups is 1. The number of nitrogens with zero attached hydrogens (tertiary/aromatic N) is 4. The van der Waals surface area contributed by atoms with E-state index in [1.807, 2.05) is 7.05 Å². The van der Waals surface area contributed by atoms with E-state index >= 15 is 0 Å². The van der Waals surface area contributed by atoms with Crippen LogP contribution < -0.4 is 5.32 Å². The number of amides is 1. The summed E-state index contributed by atoms with van der Waals surface area (Å²) < 4.78 is 0. The Morgan fingerprint density at radius 1 is 1.55 bits per heavy atom. The zero-order valence-electron chi connectivity index (χ0n) is 12.4. The second-order valence-corrected chi connectivity index (χ2v) is 6.28. The van der Waals surface area contributed by atoms with E-state index in [0.29, 0.717) is 11.0 Å². The Morgan fingerprint density at radius 3 is 3.00 bits per heavy atom. The minimum absolute atomic E-state index is 0.0349. The fourth-order valence-electron chi connectivity index (χ4n) is 2.39. The van der Waals surface area contributed by atoms with Crippen molar-refractivity contribution in [2.45, 2.75) is 32.2 Å². The van der Waals surface area contributed by atoms with E-state index in [1.54, 1.807) is 4.90 Å². The van der Waals surface area contributed by atoms with E-state index in [9.17, 15) is 4.79 Å². The average molecular weight is 297 g/mol. The van der Waals surface area contributed by atoms with Gasteiger partial charge in [0.15, 0.2) is 0 Å². The van der Waals surface area contributed by atoms with Gasteiger partial charge in [-0.25, -0.2) is 0 Å². The molecule has 1 N–H and O–H groups in total. The van der Waals surface area contributed by atoms with Crippen molar-refractivity contribution >= 4 is 22.4 Å². The second-order valence-electron chi connectivity index (χ2n) is 5.30. The zero-order valence-corrected chi connectivity index (χ0v) is 13.2. The molecule has 0 radical (unpaired) electrons. The lowest BCUT2D eigenvalue weighted by atomic mass is 10.2. The summed E-state index contributed by atoms with van der Waals surface area (Å²) in [5.74, 6) is -0.0349. The van der Waals surface area contributed by atoms with Gasteiger partial charge in [0.25, 0.3) is 5.91 Å². The number of nitrogens with one attached hydrogen (secondary N) is 1. The van der Waals surface area contributed by atoms with E-state index < -0.39 is 0 Å². The lowest BCUT2D eigenvalue weighted by Gasteiger charge is -2.25. The molecule has 0 saturated carbocycles. The van der Waals surface area contributed by atoms with Gasteiger partial charge in [-0.05, 0) is 32.9 Å². The molecule has 1 fully saturated rings. The standard InChI is InChI=1S/C13H23N5OS/c1-4-7-14-13-16-15-11(20-13)12(19)18(3)9-10-6-5-8-17(10)2/h10H,4-9H2,1-3H3,(H,14,16). The molecule has 0 spiro atoms. The number of likely N-dealkylation sites (N-methyl/N-ethyl adjacent to an activating group) is 2. The molecule has 1 aliphatic heterocycles. The van der Waals surface area contributed by atoms with Crippen molar-refractivity contribution in [3.63, 3.8) is 0 Å². The Kier molecular flexibility index (Phi) is 5.31. The van der Waals surface area contributed by atoms with Crippen molar-refractivity contribution in [1.82, 2.24) is 20.0 Å². The molecule has 1 unspecified atom stereocenters. The van der Waals surface area contributed by atoms with Crippen molar-refractivity contribution in [3.05, 3.63) is 5.01 Å². The Labute approximate surface area is 124 Å².